The Balaban J connectivity index is 2.91. The lowest BCUT2D eigenvalue weighted by atomic mass is 10.1. The molecular weight excluding hydrogens is 283 g/mol. The SMILES string of the molecule is CCCNc1cc(C(F)(F)F)cc(NCC(O)C(C)C)n1. The van der Waals surface area contributed by atoms with E-state index in [0.717, 1.165) is 18.6 Å². The van der Waals surface area contributed by atoms with Gasteiger partial charge < -0.3 is 15.7 Å². The van der Waals surface area contributed by atoms with Crippen LogP contribution in [0, 0.1) is 5.92 Å². The molecule has 1 atom stereocenters. The van der Waals surface area contributed by atoms with Gasteiger partial charge in [0.2, 0.25) is 0 Å². The van der Waals surface area contributed by atoms with E-state index in [1.807, 2.05) is 20.8 Å². The zero-order valence-corrected chi connectivity index (χ0v) is 12.5. The van der Waals surface area contributed by atoms with Gasteiger partial charge in [-0.2, -0.15) is 13.2 Å². The van der Waals surface area contributed by atoms with Crippen molar-refractivity contribution in [3.63, 3.8) is 0 Å². The first kappa shape index (κ1) is 17.6. The van der Waals surface area contributed by atoms with Crippen molar-refractivity contribution >= 4 is 11.6 Å². The number of rotatable bonds is 7. The number of pyridine rings is 1. The molecular formula is C14H22F3N3O. The van der Waals surface area contributed by atoms with Crippen molar-refractivity contribution in [3.8, 4) is 0 Å². The van der Waals surface area contributed by atoms with Gasteiger partial charge in [0.05, 0.1) is 11.7 Å². The minimum absolute atomic E-state index is 0.0148. The van der Waals surface area contributed by atoms with Crippen LogP contribution >= 0.6 is 0 Å². The summed E-state index contributed by atoms with van der Waals surface area (Å²) < 4.78 is 38.6. The summed E-state index contributed by atoms with van der Waals surface area (Å²) in [4.78, 5) is 4.08. The van der Waals surface area contributed by atoms with Crippen molar-refractivity contribution in [1.29, 1.82) is 0 Å². The van der Waals surface area contributed by atoms with Gasteiger partial charge in [0, 0.05) is 13.1 Å². The normalized spacial score (nSPS) is 13.3. The van der Waals surface area contributed by atoms with Gasteiger partial charge in [-0.3, -0.25) is 0 Å². The van der Waals surface area contributed by atoms with Crippen LogP contribution in [-0.2, 0) is 6.18 Å². The first-order valence-electron chi connectivity index (χ1n) is 6.99. The van der Waals surface area contributed by atoms with Gasteiger partial charge in [-0.15, -0.1) is 0 Å². The number of hydrogen-bond donors (Lipinski definition) is 3. The molecule has 1 heterocycles. The molecule has 0 saturated carbocycles. The van der Waals surface area contributed by atoms with Crippen LogP contribution in [0.5, 0.6) is 0 Å². The molecule has 21 heavy (non-hydrogen) atoms. The van der Waals surface area contributed by atoms with E-state index in [1.165, 1.54) is 0 Å². The van der Waals surface area contributed by atoms with Crippen LogP contribution in [0.1, 0.15) is 32.8 Å². The van der Waals surface area contributed by atoms with E-state index in [0.29, 0.717) is 6.54 Å². The van der Waals surface area contributed by atoms with Crippen LogP contribution in [-0.4, -0.2) is 29.3 Å². The Hall–Kier alpha value is -1.50. The third kappa shape index (κ3) is 5.79. The molecule has 0 saturated heterocycles. The zero-order valence-electron chi connectivity index (χ0n) is 12.5. The minimum Gasteiger partial charge on any atom is -0.391 e. The van der Waals surface area contributed by atoms with E-state index in [1.54, 1.807) is 0 Å². The highest BCUT2D eigenvalue weighted by Gasteiger charge is 2.31. The summed E-state index contributed by atoms with van der Waals surface area (Å²) in [5.74, 6) is 0.289. The third-order valence-corrected chi connectivity index (χ3v) is 2.97. The molecule has 1 aromatic rings. The van der Waals surface area contributed by atoms with Gasteiger partial charge >= 0.3 is 6.18 Å². The fourth-order valence-electron chi connectivity index (χ4n) is 1.57. The summed E-state index contributed by atoms with van der Waals surface area (Å²) >= 11 is 0. The molecule has 4 nitrogen and oxygen atoms in total. The summed E-state index contributed by atoms with van der Waals surface area (Å²) in [6.07, 6.45) is -4.29. The molecule has 0 spiro atoms. The van der Waals surface area contributed by atoms with Crippen molar-refractivity contribution in [1.82, 2.24) is 4.98 Å². The molecule has 0 aliphatic rings. The third-order valence-electron chi connectivity index (χ3n) is 2.97. The highest BCUT2D eigenvalue weighted by atomic mass is 19.4. The number of alkyl halides is 3. The Morgan fingerprint density at radius 2 is 1.76 bits per heavy atom. The zero-order chi connectivity index (χ0) is 16.0. The van der Waals surface area contributed by atoms with Crippen LogP contribution in [0.25, 0.3) is 0 Å². The number of anilines is 2. The Morgan fingerprint density at radius 3 is 2.24 bits per heavy atom. The minimum atomic E-state index is -4.43. The number of aliphatic hydroxyl groups excluding tert-OH is 1. The Kier molecular flexibility index (Phi) is 6.26. The average Bonchev–Trinajstić information content (AvgIpc) is 2.41. The van der Waals surface area contributed by atoms with Gasteiger partial charge in [-0.1, -0.05) is 20.8 Å². The van der Waals surface area contributed by atoms with Crippen LogP contribution in [0.15, 0.2) is 12.1 Å². The van der Waals surface area contributed by atoms with Crippen molar-refractivity contribution < 1.29 is 18.3 Å². The fraction of sp³-hybridized carbons (Fsp3) is 0.643. The Morgan fingerprint density at radius 1 is 1.19 bits per heavy atom. The standard InChI is InChI=1S/C14H22F3N3O/c1-4-5-18-12-6-10(14(15,16)17)7-13(20-12)19-8-11(21)9(2)3/h6-7,9,11,21H,4-5,8H2,1-3H3,(H2,18,19,20). The molecule has 1 rings (SSSR count). The maximum atomic E-state index is 12.9. The van der Waals surface area contributed by atoms with Crippen molar-refractivity contribution in [3.05, 3.63) is 17.7 Å². The lowest BCUT2D eigenvalue weighted by Gasteiger charge is -2.17. The molecule has 0 aliphatic heterocycles. The van der Waals surface area contributed by atoms with Gasteiger partial charge in [0.1, 0.15) is 11.6 Å². The van der Waals surface area contributed by atoms with E-state index in [-0.39, 0.29) is 24.1 Å². The molecule has 1 aromatic heterocycles. The number of aromatic nitrogens is 1. The smallest absolute Gasteiger partial charge is 0.391 e. The summed E-state index contributed by atoms with van der Waals surface area (Å²) in [6.45, 7) is 6.28. The lowest BCUT2D eigenvalue weighted by Crippen LogP contribution is -2.25. The molecule has 0 fully saturated rings. The largest absolute Gasteiger partial charge is 0.416 e. The monoisotopic (exact) mass is 305 g/mol. The molecule has 7 heteroatoms. The van der Waals surface area contributed by atoms with E-state index in [9.17, 15) is 18.3 Å². The van der Waals surface area contributed by atoms with E-state index in [4.69, 9.17) is 0 Å². The summed E-state index contributed by atoms with van der Waals surface area (Å²) in [6, 6.07) is 1.93. The molecule has 3 N–H and O–H groups in total. The number of halogens is 3. The quantitative estimate of drug-likeness (QED) is 0.723. The first-order valence-corrected chi connectivity index (χ1v) is 6.99. The number of hydrogen-bond acceptors (Lipinski definition) is 4. The topological polar surface area (TPSA) is 57.2 Å². The maximum Gasteiger partial charge on any atom is 0.416 e. The first-order chi connectivity index (χ1) is 9.74. The molecule has 120 valence electrons. The maximum absolute atomic E-state index is 12.9. The average molecular weight is 305 g/mol. The van der Waals surface area contributed by atoms with E-state index < -0.39 is 17.8 Å². The van der Waals surface area contributed by atoms with Gasteiger partial charge in [0.15, 0.2) is 0 Å². The number of nitrogens with one attached hydrogen (secondary N) is 2. The Bertz CT molecular complexity index is 450. The fourth-order valence-corrected chi connectivity index (χ4v) is 1.57. The van der Waals surface area contributed by atoms with Gasteiger partial charge in [-0.05, 0) is 24.5 Å². The molecule has 0 radical (unpaired) electrons. The van der Waals surface area contributed by atoms with Crippen molar-refractivity contribution in [2.24, 2.45) is 5.92 Å². The molecule has 0 aliphatic carbocycles. The van der Waals surface area contributed by atoms with Crippen LogP contribution in [0.3, 0.4) is 0 Å². The number of aliphatic hydroxyl groups is 1. The lowest BCUT2D eigenvalue weighted by molar-refractivity contribution is -0.137. The van der Waals surface area contributed by atoms with E-state index >= 15 is 0 Å². The molecule has 1 unspecified atom stereocenters. The summed E-state index contributed by atoms with van der Waals surface area (Å²) in [5, 5.41) is 15.3. The predicted molar refractivity (Wildman–Crippen MR) is 77.4 cm³/mol. The van der Waals surface area contributed by atoms with Crippen LogP contribution < -0.4 is 10.6 Å². The summed E-state index contributed by atoms with van der Waals surface area (Å²) in [5.41, 5.74) is -0.766. The van der Waals surface area contributed by atoms with Gasteiger partial charge in [-0.25, -0.2) is 4.98 Å². The number of nitrogens with zero attached hydrogens (tertiary/aromatic N) is 1. The molecule has 0 bridgehead atoms. The van der Waals surface area contributed by atoms with Crippen LogP contribution in [0.2, 0.25) is 0 Å². The second kappa shape index (κ2) is 7.49. The van der Waals surface area contributed by atoms with Gasteiger partial charge in [0.25, 0.3) is 0 Å². The van der Waals surface area contributed by atoms with Crippen molar-refractivity contribution in [2.45, 2.75) is 39.5 Å². The Labute approximate surface area is 122 Å². The van der Waals surface area contributed by atoms with Crippen molar-refractivity contribution in [2.75, 3.05) is 23.7 Å². The highest BCUT2D eigenvalue weighted by Crippen LogP contribution is 2.32. The predicted octanol–water partition coefficient (Wildman–Crippen LogP) is 3.35. The summed E-state index contributed by atoms with van der Waals surface area (Å²) in [7, 11) is 0. The second-order valence-corrected chi connectivity index (χ2v) is 5.24. The molecule has 0 amide bonds. The second-order valence-electron chi connectivity index (χ2n) is 5.24. The van der Waals surface area contributed by atoms with E-state index in [2.05, 4.69) is 15.6 Å². The molecule has 0 aromatic carbocycles. The van der Waals surface area contributed by atoms with Crippen LogP contribution in [0.4, 0.5) is 24.8 Å². The highest BCUT2D eigenvalue weighted by molar-refractivity contribution is 5.49.